The van der Waals surface area contributed by atoms with Gasteiger partial charge in [0.05, 0.1) is 59.0 Å². The second-order valence-corrected chi connectivity index (χ2v) is 21.4. The molecule has 0 fully saturated rings. The van der Waals surface area contributed by atoms with Crippen LogP contribution >= 0.6 is 0 Å². The average molecular weight is 1100 g/mol. The minimum atomic E-state index is -0.677. The maximum Gasteiger partial charge on any atom is 0.409 e. The van der Waals surface area contributed by atoms with Crippen molar-refractivity contribution in [1.29, 1.82) is 0 Å². The zero-order valence-corrected chi connectivity index (χ0v) is 49.8. The summed E-state index contributed by atoms with van der Waals surface area (Å²) in [6.07, 6.45) is 31.6. The van der Waals surface area contributed by atoms with Crippen LogP contribution in [0.2, 0.25) is 0 Å². The van der Waals surface area contributed by atoms with E-state index in [1.54, 1.807) is 0 Å². The molecule has 16 nitrogen and oxygen atoms in total. The molecule has 16 heteroatoms. The number of hydrogen-bond acceptors (Lipinski definition) is 15. The number of unbranched alkanes of at least 4 members (excludes halogenated alkanes) is 25. The number of ether oxygens (including phenoxy) is 7. The van der Waals surface area contributed by atoms with Gasteiger partial charge in [-0.25, -0.2) is 4.79 Å². The predicted octanol–water partition coefficient (Wildman–Crippen LogP) is 13.6. The Hall–Kier alpha value is -3.95. The minimum Gasteiger partial charge on any atom is -0.465 e. The molecule has 0 aliphatic heterocycles. The SMILES string of the molecule is CCCCCCCCCCC(=O)OCC(COC(=O)CCCCCCCCC)CC(=O)OCCN(CCOC(=O)CC(COC(=O)CCCCCCCCC)COC(=O)CCCCCCCCC)C(=O)OCCCN(C)C. The minimum absolute atomic E-state index is 0.0759. The summed E-state index contributed by atoms with van der Waals surface area (Å²) in [6, 6.07) is 0. The largest absolute Gasteiger partial charge is 0.465 e. The van der Waals surface area contributed by atoms with Crippen molar-refractivity contribution in [3.8, 4) is 0 Å². The maximum atomic E-state index is 13.3. The summed E-state index contributed by atoms with van der Waals surface area (Å²) in [4.78, 5) is 93.9. The molecule has 0 rings (SSSR count). The van der Waals surface area contributed by atoms with Gasteiger partial charge in [-0.3, -0.25) is 28.8 Å². The van der Waals surface area contributed by atoms with Gasteiger partial charge >= 0.3 is 41.9 Å². The fraction of sp³-hybridized carbons (Fsp3) is 0.885. The van der Waals surface area contributed by atoms with Crippen LogP contribution < -0.4 is 0 Å². The Morgan fingerprint density at radius 2 is 0.571 bits per heavy atom. The van der Waals surface area contributed by atoms with E-state index in [2.05, 4.69) is 27.7 Å². The van der Waals surface area contributed by atoms with Crippen LogP contribution in [0.4, 0.5) is 4.79 Å². The summed E-state index contributed by atoms with van der Waals surface area (Å²) in [6.45, 7) is 8.52. The highest BCUT2D eigenvalue weighted by atomic mass is 16.6. The van der Waals surface area contributed by atoms with Crippen LogP contribution in [0.5, 0.6) is 0 Å². The Morgan fingerprint density at radius 1 is 0.299 bits per heavy atom. The predicted molar refractivity (Wildman–Crippen MR) is 303 cm³/mol. The molecule has 0 aromatic heterocycles. The first-order valence-electron chi connectivity index (χ1n) is 30.8. The zero-order valence-electron chi connectivity index (χ0n) is 49.8. The van der Waals surface area contributed by atoms with Crippen molar-refractivity contribution in [2.45, 2.75) is 259 Å². The normalized spacial score (nSPS) is 11.6. The molecule has 0 heterocycles. The Labute approximate surface area is 467 Å². The fourth-order valence-corrected chi connectivity index (χ4v) is 8.60. The lowest BCUT2D eigenvalue weighted by Gasteiger charge is -2.23. The van der Waals surface area contributed by atoms with Crippen molar-refractivity contribution in [2.24, 2.45) is 11.8 Å². The second-order valence-electron chi connectivity index (χ2n) is 21.4. The van der Waals surface area contributed by atoms with E-state index in [4.69, 9.17) is 33.2 Å². The number of carbonyl (C=O) groups excluding carboxylic acids is 7. The maximum absolute atomic E-state index is 13.3. The number of nitrogens with zero attached hydrogens (tertiary/aromatic N) is 2. The zero-order chi connectivity index (χ0) is 56.8. The van der Waals surface area contributed by atoms with Gasteiger partial charge in [0.2, 0.25) is 0 Å². The number of carbonyl (C=O) groups is 7. The summed E-state index contributed by atoms with van der Waals surface area (Å²) >= 11 is 0. The molecule has 0 aromatic rings. The van der Waals surface area contributed by atoms with Crippen LogP contribution in [0.15, 0.2) is 0 Å². The molecule has 1 unspecified atom stereocenters. The summed E-state index contributed by atoms with van der Waals surface area (Å²) in [5, 5.41) is 0. The van der Waals surface area contributed by atoms with Gasteiger partial charge < -0.3 is 43.0 Å². The van der Waals surface area contributed by atoms with Crippen LogP contribution in [-0.2, 0) is 61.9 Å². The topological polar surface area (TPSA) is 191 Å². The summed E-state index contributed by atoms with van der Waals surface area (Å²) in [5.74, 6) is -3.99. The van der Waals surface area contributed by atoms with E-state index in [0.29, 0.717) is 38.6 Å². The Morgan fingerprint density at radius 3 is 0.844 bits per heavy atom. The van der Waals surface area contributed by atoms with Crippen molar-refractivity contribution in [2.75, 3.05) is 80.0 Å². The standard InChI is InChI=1S/C61H112N2O14/c1-7-11-15-19-23-27-31-35-40-58(67)77-52-54(51-76-57(66)39-34-30-26-22-18-14-10-4)48-60(69)72-46-43-63(61(70)73-44-36-41-62(5)6)42-45-71-59(68)47-53(49-74-55(64)37-32-28-24-20-16-12-8-2)50-75-56(65)38-33-29-25-21-17-13-9-3/h53-54H,7-52H2,1-6H3. The molecule has 0 saturated carbocycles. The number of hydrogen-bond donors (Lipinski definition) is 0. The lowest BCUT2D eigenvalue weighted by atomic mass is 10.1. The van der Waals surface area contributed by atoms with Crippen molar-refractivity contribution in [1.82, 2.24) is 9.80 Å². The average Bonchev–Trinajstić information content (AvgIpc) is 3.40. The molecule has 77 heavy (non-hydrogen) atoms. The van der Waals surface area contributed by atoms with Gasteiger partial charge in [-0.15, -0.1) is 0 Å². The van der Waals surface area contributed by atoms with Gasteiger partial charge in [-0.05, 0) is 46.2 Å². The van der Waals surface area contributed by atoms with Crippen molar-refractivity contribution < 1.29 is 66.7 Å². The molecule has 1 amide bonds. The van der Waals surface area contributed by atoms with Gasteiger partial charge in [0.1, 0.15) is 13.2 Å². The van der Waals surface area contributed by atoms with Gasteiger partial charge in [-0.2, -0.15) is 0 Å². The molecular formula is C61H112N2O14. The van der Waals surface area contributed by atoms with E-state index >= 15 is 0 Å². The highest BCUT2D eigenvalue weighted by Crippen LogP contribution is 2.16. The first kappa shape index (κ1) is 73.0. The van der Waals surface area contributed by atoms with Gasteiger partial charge in [0.15, 0.2) is 0 Å². The Kier molecular flexibility index (Phi) is 51.3. The Bertz CT molecular complexity index is 1440. The Balaban J connectivity index is 5.59. The molecular weight excluding hydrogens is 985 g/mol. The summed E-state index contributed by atoms with van der Waals surface area (Å²) in [5.41, 5.74) is 0. The highest BCUT2D eigenvalue weighted by Gasteiger charge is 2.23. The molecule has 0 radical (unpaired) electrons. The number of rotatable bonds is 55. The van der Waals surface area contributed by atoms with E-state index in [1.165, 1.54) is 88.4 Å². The van der Waals surface area contributed by atoms with Crippen LogP contribution in [0.1, 0.15) is 259 Å². The summed E-state index contributed by atoms with van der Waals surface area (Å²) in [7, 11) is 3.83. The van der Waals surface area contributed by atoms with Crippen LogP contribution in [0.3, 0.4) is 0 Å². The molecule has 0 N–H and O–H groups in total. The second kappa shape index (κ2) is 54.0. The fourth-order valence-electron chi connectivity index (χ4n) is 8.60. The third kappa shape index (κ3) is 50.0. The molecule has 0 spiro atoms. The van der Waals surface area contributed by atoms with Gasteiger partial charge in [-0.1, -0.05) is 188 Å². The van der Waals surface area contributed by atoms with E-state index < -0.39 is 29.9 Å². The summed E-state index contributed by atoms with van der Waals surface area (Å²) < 4.78 is 39.0. The molecule has 0 aromatic carbocycles. The van der Waals surface area contributed by atoms with Crippen molar-refractivity contribution >= 4 is 41.9 Å². The van der Waals surface area contributed by atoms with Crippen molar-refractivity contribution in [3.05, 3.63) is 0 Å². The number of amides is 1. The smallest absolute Gasteiger partial charge is 0.409 e. The van der Waals surface area contributed by atoms with E-state index in [9.17, 15) is 33.6 Å². The monoisotopic (exact) mass is 1100 g/mol. The molecule has 450 valence electrons. The third-order valence-electron chi connectivity index (χ3n) is 13.5. The van der Waals surface area contributed by atoms with E-state index in [0.717, 1.165) is 77.0 Å². The molecule has 0 saturated heterocycles. The van der Waals surface area contributed by atoms with Crippen LogP contribution in [-0.4, -0.2) is 132 Å². The van der Waals surface area contributed by atoms with Gasteiger partial charge in [0.25, 0.3) is 0 Å². The van der Waals surface area contributed by atoms with E-state index in [-0.39, 0.29) is 122 Å². The molecule has 0 bridgehead atoms. The number of esters is 6. The first-order valence-corrected chi connectivity index (χ1v) is 30.8. The van der Waals surface area contributed by atoms with Crippen molar-refractivity contribution in [3.63, 3.8) is 0 Å². The van der Waals surface area contributed by atoms with Gasteiger partial charge in [0, 0.05) is 44.1 Å². The first-order chi connectivity index (χ1) is 37.3. The quantitative estimate of drug-likeness (QED) is 0.0317. The third-order valence-corrected chi connectivity index (χ3v) is 13.5. The molecule has 1 atom stereocenters. The molecule has 0 aliphatic carbocycles. The lowest BCUT2D eigenvalue weighted by Crippen LogP contribution is -2.38. The van der Waals surface area contributed by atoms with E-state index in [1.807, 2.05) is 19.0 Å². The van der Waals surface area contributed by atoms with Crippen LogP contribution in [0.25, 0.3) is 0 Å². The molecule has 0 aliphatic rings. The lowest BCUT2D eigenvalue weighted by molar-refractivity contribution is -0.155. The van der Waals surface area contributed by atoms with Crippen LogP contribution in [0, 0.1) is 11.8 Å². The highest BCUT2D eigenvalue weighted by molar-refractivity contribution is 5.73.